The summed E-state index contributed by atoms with van der Waals surface area (Å²) in [5.74, 6) is 0.419. The van der Waals surface area contributed by atoms with Crippen molar-refractivity contribution >= 4 is 0 Å². The van der Waals surface area contributed by atoms with Gasteiger partial charge in [-0.15, -0.1) is 10.2 Å². The highest BCUT2D eigenvalue weighted by atomic mass is 16.4. The van der Waals surface area contributed by atoms with Crippen LogP contribution in [0.15, 0.2) is 58.1 Å². The summed E-state index contributed by atoms with van der Waals surface area (Å²) in [4.78, 5) is 20.9. The first-order valence-corrected chi connectivity index (χ1v) is 10.1. The van der Waals surface area contributed by atoms with Gasteiger partial charge in [-0.3, -0.25) is 9.78 Å². The highest BCUT2D eigenvalue weighted by Crippen LogP contribution is 2.27. The summed E-state index contributed by atoms with van der Waals surface area (Å²) in [6.45, 7) is 4.53. The molecule has 0 radical (unpaired) electrons. The Morgan fingerprint density at radius 2 is 1.91 bits per heavy atom. The summed E-state index contributed by atoms with van der Waals surface area (Å²) in [6.07, 6.45) is 4.89. The molecular weight excluding hydrogens is 406 g/mol. The summed E-state index contributed by atoms with van der Waals surface area (Å²) >= 11 is 0. The van der Waals surface area contributed by atoms with E-state index in [4.69, 9.17) is 4.42 Å². The van der Waals surface area contributed by atoms with E-state index < -0.39 is 0 Å². The third-order valence-corrected chi connectivity index (χ3v) is 4.88. The van der Waals surface area contributed by atoms with E-state index in [9.17, 15) is 10.1 Å². The molecule has 9 nitrogen and oxygen atoms in total. The van der Waals surface area contributed by atoms with Gasteiger partial charge in [-0.05, 0) is 44.7 Å². The lowest BCUT2D eigenvalue weighted by atomic mass is 10.0. The Balaban J connectivity index is 1.69. The lowest BCUT2D eigenvalue weighted by Gasteiger charge is -2.11. The smallest absolute Gasteiger partial charge is 0.268 e. The molecule has 0 spiro atoms. The molecule has 160 valence electrons. The zero-order valence-electron chi connectivity index (χ0n) is 17.9. The van der Waals surface area contributed by atoms with Gasteiger partial charge in [0.1, 0.15) is 5.69 Å². The maximum atomic E-state index is 12.0. The van der Waals surface area contributed by atoms with Crippen molar-refractivity contribution in [2.45, 2.75) is 26.4 Å². The van der Waals surface area contributed by atoms with Crippen LogP contribution in [0.2, 0.25) is 0 Å². The summed E-state index contributed by atoms with van der Waals surface area (Å²) in [5, 5.41) is 20.8. The molecule has 0 bridgehead atoms. The normalized spacial score (nSPS) is 11.0. The predicted octanol–water partition coefficient (Wildman–Crippen LogP) is 3.19. The van der Waals surface area contributed by atoms with Crippen molar-refractivity contribution in [3.8, 4) is 40.4 Å². The minimum absolute atomic E-state index is 0.0194. The molecule has 9 heteroatoms. The van der Waals surface area contributed by atoms with Crippen molar-refractivity contribution in [2.75, 3.05) is 7.05 Å². The number of rotatable bonds is 6. The van der Waals surface area contributed by atoms with Crippen LogP contribution in [-0.2, 0) is 6.54 Å². The second-order valence-electron chi connectivity index (χ2n) is 7.48. The van der Waals surface area contributed by atoms with Crippen LogP contribution in [0.1, 0.15) is 31.0 Å². The molecule has 0 fully saturated rings. The van der Waals surface area contributed by atoms with E-state index in [-0.39, 0.29) is 23.4 Å². The fourth-order valence-corrected chi connectivity index (χ4v) is 3.29. The van der Waals surface area contributed by atoms with E-state index in [1.165, 1.54) is 12.3 Å². The number of nitrogens with zero attached hydrogens (tertiary/aromatic N) is 6. The number of nitriles is 1. The van der Waals surface area contributed by atoms with Crippen LogP contribution in [0, 0.1) is 11.3 Å². The van der Waals surface area contributed by atoms with E-state index in [1.54, 1.807) is 35.2 Å². The predicted molar refractivity (Wildman–Crippen MR) is 118 cm³/mol. The number of benzene rings is 1. The number of pyridine rings is 1. The van der Waals surface area contributed by atoms with Crippen LogP contribution in [-0.4, -0.2) is 31.8 Å². The van der Waals surface area contributed by atoms with Crippen LogP contribution >= 0.6 is 0 Å². The lowest BCUT2D eigenvalue weighted by Crippen LogP contribution is -2.20. The Bertz CT molecular complexity index is 1370. The van der Waals surface area contributed by atoms with Crippen molar-refractivity contribution in [1.82, 2.24) is 30.0 Å². The van der Waals surface area contributed by atoms with E-state index in [0.29, 0.717) is 29.1 Å². The largest absolute Gasteiger partial charge is 0.414 e. The zero-order chi connectivity index (χ0) is 22.7. The molecule has 1 N–H and O–H groups in total. The van der Waals surface area contributed by atoms with Crippen molar-refractivity contribution in [3.05, 3.63) is 70.4 Å². The molecule has 0 unspecified atom stereocenters. The Morgan fingerprint density at radius 1 is 1.12 bits per heavy atom. The molecular formula is C23H21N7O2. The van der Waals surface area contributed by atoms with Gasteiger partial charge in [0.2, 0.25) is 5.89 Å². The SMILES string of the molecule is CNCc1ccc(-c2nnc(-c3cncc(-c4ccc(=O)n(C(C)C)c4)n3)o2)c(C#N)c1. The van der Waals surface area contributed by atoms with Gasteiger partial charge < -0.3 is 14.3 Å². The van der Waals surface area contributed by atoms with Gasteiger partial charge in [-0.1, -0.05) is 6.07 Å². The molecule has 0 aliphatic rings. The van der Waals surface area contributed by atoms with E-state index in [1.807, 2.05) is 27.0 Å². The summed E-state index contributed by atoms with van der Waals surface area (Å²) < 4.78 is 7.46. The van der Waals surface area contributed by atoms with E-state index in [0.717, 1.165) is 11.1 Å². The van der Waals surface area contributed by atoms with E-state index in [2.05, 4.69) is 31.6 Å². The minimum atomic E-state index is -0.0801. The van der Waals surface area contributed by atoms with E-state index >= 15 is 0 Å². The first-order valence-electron chi connectivity index (χ1n) is 10.1. The molecule has 4 aromatic rings. The van der Waals surface area contributed by atoms with Crippen LogP contribution in [0.3, 0.4) is 0 Å². The quantitative estimate of drug-likeness (QED) is 0.498. The average Bonchev–Trinajstić information content (AvgIpc) is 3.29. The van der Waals surface area contributed by atoms with Crippen LogP contribution in [0.4, 0.5) is 0 Å². The fraction of sp³-hybridized carbons (Fsp3) is 0.217. The summed E-state index contributed by atoms with van der Waals surface area (Å²) in [6, 6.07) is 10.9. The first kappa shape index (κ1) is 21.1. The Hall–Kier alpha value is -4.16. The van der Waals surface area contributed by atoms with Gasteiger partial charge in [-0.25, -0.2) is 4.98 Å². The highest BCUT2D eigenvalue weighted by Gasteiger charge is 2.16. The molecule has 3 heterocycles. The van der Waals surface area contributed by atoms with Gasteiger partial charge in [0, 0.05) is 30.4 Å². The molecule has 4 rings (SSSR count). The average molecular weight is 427 g/mol. The molecule has 0 aliphatic carbocycles. The van der Waals surface area contributed by atoms with Gasteiger partial charge in [0.25, 0.3) is 11.4 Å². The third-order valence-electron chi connectivity index (χ3n) is 4.88. The second-order valence-corrected chi connectivity index (χ2v) is 7.48. The third kappa shape index (κ3) is 4.17. The van der Waals surface area contributed by atoms with Gasteiger partial charge >= 0.3 is 0 Å². The lowest BCUT2D eigenvalue weighted by molar-refractivity contribution is 0.578. The van der Waals surface area contributed by atoms with Crippen molar-refractivity contribution < 1.29 is 4.42 Å². The van der Waals surface area contributed by atoms with Crippen molar-refractivity contribution in [3.63, 3.8) is 0 Å². The second kappa shape index (κ2) is 8.91. The summed E-state index contributed by atoms with van der Waals surface area (Å²) in [5.41, 5.74) is 3.62. The fourth-order valence-electron chi connectivity index (χ4n) is 3.29. The standard InChI is InChI=1S/C23H21N7O2/c1-14(2)30-13-16(5-7-21(30)31)19-11-26-12-20(27-19)23-29-28-22(32-23)18-6-4-15(10-25-3)8-17(18)9-24/h4-8,11-14,25H,10H2,1-3H3. The minimum Gasteiger partial charge on any atom is -0.414 e. The van der Waals surface area contributed by atoms with Crippen molar-refractivity contribution in [1.29, 1.82) is 5.26 Å². The monoisotopic (exact) mass is 427 g/mol. The Kier molecular flexibility index (Phi) is 5.87. The topological polar surface area (TPSA) is 123 Å². The molecule has 0 saturated heterocycles. The molecule has 32 heavy (non-hydrogen) atoms. The molecule has 3 aromatic heterocycles. The molecule has 0 atom stereocenters. The first-order chi connectivity index (χ1) is 15.5. The maximum absolute atomic E-state index is 12.0. The number of nitrogens with one attached hydrogen (secondary N) is 1. The molecule has 0 aliphatic heterocycles. The molecule has 0 saturated carbocycles. The van der Waals surface area contributed by atoms with Crippen LogP contribution < -0.4 is 10.9 Å². The highest BCUT2D eigenvalue weighted by molar-refractivity contribution is 5.65. The van der Waals surface area contributed by atoms with Crippen LogP contribution in [0.25, 0.3) is 34.3 Å². The van der Waals surface area contributed by atoms with Crippen LogP contribution in [0.5, 0.6) is 0 Å². The molecule has 0 amide bonds. The maximum Gasteiger partial charge on any atom is 0.268 e. The zero-order valence-corrected chi connectivity index (χ0v) is 17.9. The number of hydrogen-bond acceptors (Lipinski definition) is 8. The van der Waals surface area contributed by atoms with Gasteiger partial charge in [0.15, 0.2) is 0 Å². The van der Waals surface area contributed by atoms with Gasteiger partial charge in [0.05, 0.1) is 35.3 Å². The summed E-state index contributed by atoms with van der Waals surface area (Å²) in [7, 11) is 1.84. The molecule has 1 aromatic carbocycles. The van der Waals surface area contributed by atoms with Crippen molar-refractivity contribution in [2.24, 2.45) is 0 Å². The number of aromatic nitrogens is 5. The number of hydrogen-bond donors (Lipinski definition) is 1. The van der Waals surface area contributed by atoms with Gasteiger partial charge in [-0.2, -0.15) is 5.26 Å². The Labute approximate surface area is 184 Å². The Morgan fingerprint density at radius 3 is 2.66 bits per heavy atom.